The van der Waals surface area contributed by atoms with Crippen LogP contribution < -0.4 is 4.74 Å². The van der Waals surface area contributed by atoms with Gasteiger partial charge in [-0.1, -0.05) is 18.2 Å². The lowest BCUT2D eigenvalue weighted by Crippen LogP contribution is -2.48. The van der Waals surface area contributed by atoms with Crippen molar-refractivity contribution in [2.75, 3.05) is 26.2 Å². The van der Waals surface area contributed by atoms with Crippen LogP contribution in [0, 0.1) is 10.1 Å². The van der Waals surface area contributed by atoms with Crippen LogP contribution in [0.3, 0.4) is 0 Å². The van der Waals surface area contributed by atoms with Gasteiger partial charge in [0.15, 0.2) is 11.5 Å². The molecule has 0 bridgehead atoms. The van der Waals surface area contributed by atoms with Gasteiger partial charge >= 0.3 is 5.69 Å². The van der Waals surface area contributed by atoms with Gasteiger partial charge in [-0.15, -0.1) is 0 Å². The van der Waals surface area contributed by atoms with E-state index in [0.717, 1.165) is 25.2 Å². The quantitative estimate of drug-likeness (QED) is 0.426. The molecule has 31 heavy (non-hydrogen) atoms. The van der Waals surface area contributed by atoms with Gasteiger partial charge in [-0.3, -0.25) is 24.8 Å². The molecule has 4 rings (SSSR count). The number of carbonyl (C=O) groups excluding carboxylic acids is 1. The fourth-order valence-electron chi connectivity index (χ4n) is 3.46. The average Bonchev–Trinajstić information content (AvgIpc) is 3.28. The molecule has 0 N–H and O–H groups in total. The van der Waals surface area contributed by atoms with Crippen molar-refractivity contribution in [1.82, 2.24) is 14.8 Å². The first-order valence-electron chi connectivity index (χ1n) is 9.95. The number of nitro groups is 1. The number of amides is 1. The molecule has 0 unspecified atom stereocenters. The van der Waals surface area contributed by atoms with Crippen molar-refractivity contribution in [1.29, 1.82) is 0 Å². The minimum Gasteiger partial charge on any atom is -0.479 e. The summed E-state index contributed by atoms with van der Waals surface area (Å²) in [6, 6.07) is 13.4. The van der Waals surface area contributed by atoms with Crippen LogP contribution in [0.2, 0.25) is 0 Å². The molecule has 1 amide bonds. The molecule has 0 aliphatic carbocycles. The number of para-hydroxylation sites is 2. The normalized spacial score (nSPS) is 14.4. The van der Waals surface area contributed by atoms with Gasteiger partial charge in [-0.2, -0.15) is 0 Å². The van der Waals surface area contributed by atoms with Gasteiger partial charge in [0.05, 0.1) is 4.92 Å². The Balaban J connectivity index is 1.30. The van der Waals surface area contributed by atoms with Gasteiger partial charge in [0.2, 0.25) is 0 Å². The number of hydrogen-bond donors (Lipinski definition) is 0. The van der Waals surface area contributed by atoms with Gasteiger partial charge in [0.25, 0.3) is 5.91 Å². The van der Waals surface area contributed by atoms with Crippen molar-refractivity contribution in [3.63, 3.8) is 0 Å². The molecule has 3 aromatic rings. The smallest absolute Gasteiger partial charge is 0.310 e. The minimum absolute atomic E-state index is 0.00295. The van der Waals surface area contributed by atoms with Crippen molar-refractivity contribution in [2.45, 2.75) is 13.2 Å². The number of nitrogens with zero attached hydrogens (tertiary/aromatic N) is 4. The summed E-state index contributed by atoms with van der Waals surface area (Å²) in [4.78, 5) is 31.5. The second-order valence-corrected chi connectivity index (χ2v) is 7.21. The molecule has 1 aliphatic heterocycles. The topological polar surface area (TPSA) is 102 Å². The number of ether oxygens (including phenoxy) is 1. The molecule has 2 aromatic heterocycles. The van der Waals surface area contributed by atoms with Crippen LogP contribution >= 0.6 is 0 Å². The number of pyridine rings is 1. The molecule has 1 aliphatic rings. The van der Waals surface area contributed by atoms with Crippen molar-refractivity contribution in [3.8, 4) is 5.75 Å². The third-order valence-corrected chi connectivity index (χ3v) is 5.09. The average molecular weight is 422 g/mol. The van der Waals surface area contributed by atoms with Gasteiger partial charge in [0.1, 0.15) is 12.4 Å². The van der Waals surface area contributed by atoms with E-state index < -0.39 is 4.92 Å². The number of rotatable bonds is 7. The summed E-state index contributed by atoms with van der Waals surface area (Å²) < 4.78 is 11.2. The highest BCUT2D eigenvalue weighted by molar-refractivity contribution is 5.91. The summed E-state index contributed by atoms with van der Waals surface area (Å²) in [6.07, 6.45) is 3.61. The van der Waals surface area contributed by atoms with E-state index in [1.807, 2.05) is 18.3 Å². The van der Waals surface area contributed by atoms with E-state index in [1.165, 1.54) is 12.1 Å². The molecule has 3 heterocycles. The molecule has 1 aromatic carbocycles. The van der Waals surface area contributed by atoms with Crippen LogP contribution in [0.4, 0.5) is 5.69 Å². The fraction of sp³-hybridized carbons (Fsp3) is 0.273. The third-order valence-electron chi connectivity index (χ3n) is 5.09. The number of nitro benzene ring substituents is 1. The van der Waals surface area contributed by atoms with Gasteiger partial charge in [0, 0.05) is 51.2 Å². The Labute approximate surface area is 179 Å². The molecular formula is C22H22N4O5. The first-order chi connectivity index (χ1) is 15.1. The summed E-state index contributed by atoms with van der Waals surface area (Å²) in [6.45, 7) is 3.58. The highest BCUT2D eigenvalue weighted by Gasteiger charge is 2.24. The maximum absolute atomic E-state index is 12.8. The van der Waals surface area contributed by atoms with Crippen molar-refractivity contribution < 1.29 is 18.9 Å². The summed E-state index contributed by atoms with van der Waals surface area (Å²) >= 11 is 0. The van der Waals surface area contributed by atoms with E-state index >= 15 is 0 Å². The lowest BCUT2D eigenvalue weighted by Gasteiger charge is -2.34. The van der Waals surface area contributed by atoms with Gasteiger partial charge in [-0.05, 0) is 29.8 Å². The lowest BCUT2D eigenvalue weighted by atomic mass is 10.2. The van der Waals surface area contributed by atoms with Crippen molar-refractivity contribution >= 4 is 11.6 Å². The van der Waals surface area contributed by atoms with Gasteiger partial charge < -0.3 is 14.1 Å². The molecule has 9 nitrogen and oxygen atoms in total. The van der Waals surface area contributed by atoms with Crippen LogP contribution in [-0.2, 0) is 13.2 Å². The predicted molar refractivity (Wildman–Crippen MR) is 112 cm³/mol. The number of carbonyl (C=O) groups is 1. The standard InChI is InChI=1S/C22H22N4O5/c27-22(25-12-10-24(11-13-25)15-17-4-3-9-23-14-17)21-8-7-18(31-21)16-30-20-6-2-1-5-19(20)26(28)29/h1-9,14H,10-13,15-16H2. The molecule has 160 valence electrons. The van der Waals surface area contributed by atoms with Crippen LogP contribution in [0.25, 0.3) is 0 Å². The third kappa shape index (κ3) is 5.07. The number of aromatic nitrogens is 1. The first-order valence-corrected chi connectivity index (χ1v) is 9.95. The minimum atomic E-state index is -0.500. The Morgan fingerprint density at radius 1 is 1.10 bits per heavy atom. The number of piperazine rings is 1. The lowest BCUT2D eigenvalue weighted by molar-refractivity contribution is -0.386. The molecule has 0 radical (unpaired) electrons. The number of hydrogen-bond acceptors (Lipinski definition) is 7. The summed E-state index contributed by atoms with van der Waals surface area (Å²) in [5, 5.41) is 11.1. The Bertz CT molecular complexity index is 1040. The summed E-state index contributed by atoms with van der Waals surface area (Å²) in [5.74, 6) is 0.651. The Morgan fingerprint density at radius 3 is 2.65 bits per heavy atom. The number of benzene rings is 1. The molecular weight excluding hydrogens is 400 g/mol. The zero-order chi connectivity index (χ0) is 21.6. The van der Waals surface area contributed by atoms with E-state index in [1.54, 1.807) is 35.4 Å². The zero-order valence-electron chi connectivity index (χ0n) is 16.8. The second kappa shape index (κ2) is 9.40. The van der Waals surface area contributed by atoms with Crippen LogP contribution in [-0.4, -0.2) is 51.8 Å². The van der Waals surface area contributed by atoms with E-state index in [2.05, 4.69) is 9.88 Å². The van der Waals surface area contributed by atoms with Crippen molar-refractivity contribution in [3.05, 3.63) is 88.1 Å². The SMILES string of the molecule is O=C(c1ccc(COc2ccccc2[N+](=O)[O-])o1)N1CCN(Cc2cccnc2)CC1. The Kier molecular flexibility index (Phi) is 6.23. The molecule has 1 fully saturated rings. The Hall–Kier alpha value is -3.72. The zero-order valence-corrected chi connectivity index (χ0v) is 16.8. The fourth-order valence-corrected chi connectivity index (χ4v) is 3.46. The van der Waals surface area contributed by atoms with Crippen molar-refractivity contribution in [2.24, 2.45) is 0 Å². The maximum Gasteiger partial charge on any atom is 0.310 e. The van der Waals surface area contributed by atoms with E-state index in [4.69, 9.17) is 9.15 Å². The molecule has 0 spiro atoms. The Morgan fingerprint density at radius 2 is 1.90 bits per heavy atom. The molecule has 0 saturated carbocycles. The summed E-state index contributed by atoms with van der Waals surface area (Å²) in [7, 11) is 0. The van der Waals surface area contributed by atoms with Crippen LogP contribution in [0.5, 0.6) is 5.75 Å². The van der Waals surface area contributed by atoms with E-state index in [0.29, 0.717) is 18.8 Å². The molecule has 0 atom stereocenters. The maximum atomic E-state index is 12.8. The largest absolute Gasteiger partial charge is 0.479 e. The first kappa shape index (κ1) is 20.5. The predicted octanol–water partition coefficient (Wildman–Crippen LogP) is 3.12. The summed E-state index contributed by atoms with van der Waals surface area (Å²) in [5.41, 5.74) is 1.03. The van der Waals surface area contributed by atoms with Crippen LogP contribution in [0.15, 0.2) is 65.3 Å². The second-order valence-electron chi connectivity index (χ2n) is 7.21. The van der Waals surface area contributed by atoms with Gasteiger partial charge in [-0.25, -0.2) is 0 Å². The van der Waals surface area contributed by atoms with E-state index in [-0.39, 0.29) is 29.7 Å². The highest BCUT2D eigenvalue weighted by atomic mass is 16.6. The molecule has 1 saturated heterocycles. The number of furan rings is 1. The highest BCUT2D eigenvalue weighted by Crippen LogP contribution is 2.27. The van der Waals surface area contributed by atoms with E-state index in [9.17, 15) is 14.9 Å². The molecule has 9 heteroatoms. The monoisotopic (exact) mass is 422 g/mol. The van der Waals surface area contributed by atoms with Crippen LogP contribution in [0.1, 0.15) is 21.9 Å².